The van der Waals surface area contributed by atoms with Crippen LogP contribution in [-0.4, -0.2) is 15.0 Å². The predicted molar refractivity (Wildman–Crippen MR) is 156 cm³/mol. The monoisotopic (exact) mass is 523 g/mol. The molecule has 0 N–H and O–H groups in total. The second kappa shape index (κ2) is 8.51. The fourth-order valence-corrected chi connectivity index (χ4v) is 5.53. The second-order valence-corrected chi connectivity index (χ2v) is 9.72. The van der Waals surface area contributed by atoms with E-state index in [0.717, 1.165) is 66.1 Å². The second-order valence-electron chi connectivity index (χ2n) is 9.39. The molecule has 184 valence electrons. The molecular formula is C33H18ClN3O2. The molecule has 0 saturated carbocycles. The van der Waals surface area contributed by atoms with Crippen molar-refractivity contribution in [1.29, 1.82) is 0 Å². The summed E-state index contributed by atoms with van der Waals surface area (Å²) in [4.78, 5) is 14.0. The van der Waals surface area contributed by atoms with Crippen molar-refractivity contribution in [1.82, 2.24) is 15.0 Å². The molecule has 0 aliphatic heterocycles. The first-order chi connectivity index (χ1) is 19.2. The zero-order valence-electron chi connectivity index (χ0n) is 20.4. The third-order valence-corrected chi connectivity index (χ3v) is 7.27. The van der Waals surface area contributed by atoms with Gasteiger partial charge in [0, 0.05) is 32.7 Å². The molecule has 5 aromatic carbocycles. The average molecular weight is 524 g/mol. The van der Waals surface area contributed by atoms with E-state index >= 15 is 0 Å². The molecule has 8 aromatic rings. The van der Waals surface area contributed by atoms with Crippen molar-refractivity contribution in [2.45, 2.75) is 0 Å². The Hall–Kier alpha value is -5.00. The van der Waals surface area contributed by atoms with E-state index in [0.29, 0.717) is 11.6 Å². The summed E-state index contributed by atoms with van der Waals surface area (Å²) in [6.07, 6.45) is 0. The summed E-state index contributed by atoms with van der Waals surface area (Å²) in [7, 11) is 0. The van der Waals surface area contributed by atoms with Crippen molar-refractivity contribution < 1.29 is 8.83 Å². The highest BCUT2D eigenvalue weighted by atomic mass is 35.5. The number of fused-ring (bicyclic) bond motifs is 6. The zero-order valence-corrected chi connectivity index (χ0v) is 21.2. The number of aromatic nitrogens is 3. The largest absolute Gasteiger partial charge is 0.456 e. The van der Waals surface area contributed by atoms with Gasteiger partial charge in [-0.25, -0.2) is 4.98 Å². The zero-order chi connectivity index (χ0) is 25.9. The molecule has 6 heteroatoms. The van der Waals surface area contributed by atoms with E-state index in [9.17, 15) is 0 Å². The highest BCUT2D eigenvalue weighted by molar-refractivity contribution is 6.28. The van der Waals surface area contributed by atoms with Crippen LogP contribution >= 0.6 is 11.6 Å². The number of hydrogen-bond donors (Lipinski definition) is 0. The van der Waals surface area contributed by atoms with E-state index in [1.165, 1.54) is 0 Å². The molecule has 0 amide bonds. The van der Waals surface area contributed by atoms with E-state index in [-0.39, 0.29) is 5.28 Å². The van der Waals surface area contributed by atoms with E-state index in [4.69, 9.17) is 25.4 Å². The maximum absolute atomic E-state index is 6.52. The number of nitrogens with zero attached hydrogens (tertiary/aromatic N) is 3. The summed E-state index contributed by atoms with van der Waals surface area (Å²) in [5.41, 5.74) is 7.02. The standard InChI is InChI=1S/C33H18ClN3O2/c34-33-36-31(23-11-6-14-26-29(23)21-10-4-5-13-25(21)38-26)35-32(37-33)24-12-7-15-27-30(24)22-17-16-20(18-28(22)39-27)19-8-2-1-3-9-19/h1-18H. The van der Waals surface area contributed by atoms with Crippen LogP contribution in [0.4, 0.5) is 0 Å². The van der Waals surface area contributed by atoms with Gasteiger partial charge in [0.1, 0.15) is 22.3 Å². The van der Waals surface area contributed by atoms with Crippen molar-refractivity contribution in [2.24, 2.45) is 0 Å². The Kier molecular flexibility index (Phi) is 4.81. The molecule has 0 atom stereocenters. The van der Waals surface area contributed by atoms with Crippen LogP contribution in [0.3, 0.4) is 0 Å². The minimum absolute atomic E-state index is 0.121. The van der Waals surface area contributed by atoms with Gasteiger partial charge in [0.15, 0.2) is 11.6 Å². The molecule has 8 rings (SSSR count). The third-order valence-electron chi connectivity index (χ3n) is 7.10. The van der Waals surface area contributed by atoms with E-state index in [2.05, 4.69) is 40.3 Å². The lowest BCUT2D eigenvalue weighted by Crippen LogP contribution is -1.98. The van der Waals surface area contributed by atoms with Crippen LogP contribution in [0.2, 0.25) is 5.28 Å². The molecule has 0 fully saturated rings. The van der Waals surface area contributed by atoms with Crippen LogP contribution < -0.4 is 0 Å². The minimum Gasteiger partial charge on any atom is -0.456 e. The van der Waals surface area contributed by atoms with Crippen LogP contribution in [0, 0.1) is 0 Å². The highest BCUT2D eigenvalue weighted by Gasteiger charge is 2.19. The maximum Gasteiger partial charge on any atom is 0.226 e. The molecule has 0 aliphatic rings. The quantitative estimate of drug-likeness (QED) is 0.231. The summed E-state index contributed by atoms with van der Waals surface area (Å²) < 4.78 is 12.4. The first kappa shape index (κ1) is 22.0. The van der Waals surface area contributed by atoms with Gasteiger partial charge in [-0.3, -0.25) is 0 Å². The number of hydrogen-bond acceptors (Lipinski definition) is 5. The first-order valence-electron chi connectivity index (χ1n) is 12.6. The van der Waals surface area contributed by atoms with Gasteiger partial charge in [0.05, 0.1) is 0 Å². The van der Waals surface area contributed by atoms with Crippen LogP contribution in [-0.2, 0) is 0 Å². The fourth-order valence-electron chi connectivity index (χ4n) is 5.37. The Balaban J connectivity index is 1.34. The summed E-state index contributed by atoms with van der Waals surface area (Å²) >= 11 is 6.52. The molecule has 0 saturated heterocycles. The SMILES string of the molecule is Clc1nc(-c2cccc3oc4ccccc4c23)nc(-c2cccc3oc4cc(-c5ccccc5)ccc4c23)n1. The number of benzene rings is 5. The van der Waals surface area contributed by atoms with Crippen molar-refractivity contribution in [2.75, 3.05) is 0 Å². The summed E-state index contributed by atoms with van der Waals surface area (Å²) in [6.45, 7) is 0. The Morgan fingerprint density at radius 1 is 0.462 bits per heavy atom. The lowest BCUT2D eigenvalue weighted by atomic mass is 10.0. The van der Waals surface area contributed by atoms with Crippen molar-refractivity contribution in [3.8, 4) is 33.9 Å². The fraction of sp³-hybridized carbons (Fsp3) is 0. The van der Waals surface area contributed by atoms with E-state index in [1.807, 2.05) is 78.9 Å². The van der Waals surface area contributed by atoms with E-state index < -0.39 is 0 Å². The van der Waals surface area contributed by atoms with E-state index in [1.54, 1.807) is 0 Å². The van der Waals surface area contributed by atoms with Gasteiger partial charge in [0.2, 0.25) is 5.28 Å². The van der Waals surface area contributed by atoms with Crippen LogP contribution in [0.5, 0.6) is 0 Å². The topological polar surface area (TPSA) is 65.0 Å². The Morgan fingerprint density at radius 2 is 1.05 bits per heavy atom. The van der Waals surface area contributed by atoms with Crippen LogP contribution in [0.15, 0.2) is 118 Å². The highest BCUT2D eigenvalue weighted by Crippen LogP contribution is 2.39. The molecule has 39 heavy (non-hydrogen) atoms. The Labute approximate surface area is 227 Å². The smallest absolute Gasteiger partial charge is 0.226 e. The van der Waals surface area contributed by atoms with Gasteiger partial charge in [-0.05, 0) is 53.1 Å². The van der Waals surface area contributed by atoms with Crippen molar-refractivity contribution in [3.63, 3.8) is 0 Å². The van der Waals surface area contributed by atoms with Gasteiger partial charge in [-0.15, -0.1) is 0 Å². The lowest BCUT2D eigenvalue weighted by molar-refractivity contribution is 0.668. The van der Waals surface area contributed by atoms with Crippen LogP contribution in [0.1, 0.15) is 0 Å². The molecule has 3 heterocycles. The van der Waals surface area contributed by atoms with Gasteiger partial charge >= 0.3 is 0 Å². The third kappa shape index (κ3) is 3.51. The lowest BCUT2D eigenvalue weighted by Gasteiger charge is -2.07. The molecule has 0 unspecified atom stereocenters. The molecule has 0 radical (unpaired) electrons. The molecule has 0 spiro atoms. The Morgan fingerprint density at radius 3 is 1.77 bits per heavy atom. The maximum atomic E-state index is 6.52. The summed E-state index contributed by atoms with van der Waals surface area (Å²) in [5.74, 6) is 0.966. The summed E-state index contributed by atoms with van der Waals surface area (Å²) in [6, 6.07) is 36.3. The summed E-state index contributed by atoms with van der Waals surface area (Å²) in [5, 5.41) is 3.99. The molecule has 5 nitrogen and oxygen atoms in total. The normalized spacial score (nSPS) is 11.7. The average Bonchev–Trinajstić information content (AvgIpc) is 3.55. The van der Waals surface area contributed by atoms with Gasteiger partial charge < -0.3 is 8.83 Å². The number of halogens is 1. The van der Waals surface area contributed by atoms with Crippen molar-refractivity contribution >= 4 is 55.5 Å². The number of para-hydroxylation sites is 1. The Bertz CT molecular complexity index is 2200. The van der Waals surface area contributed by atoms with Crippen LogP contribution in [0.25, 0.3) is 77.8 Å². The molecule has 0 bridgehead atoms. The minimum atomic E-state index is 0.121. The van der Waals surface area contributed by atoms with Crippen molar-refractivity contribution in [3.05, 3.63) is 114 Å². The van der Waals surface area contributed by atoms with Gasteiger partial charge in [-0.2, -0.15) is 9.97 Å². The van der Waals surface area contributed by atoms with Gasteiger partial charge in [-0.1, -0.05) is 78.9 Å². The molecule has 0 aliphatic carbocycles. The predicted octanol–water partition coefficient (Wildman–Crippen LogP) is 9.32. The number of rotatable bonds is 3. The molecule has 3 aromatic heterocycles. The first-order valence-corrected chi connectivity index (χ1v) is 12.9. The van der Waals surface area contributed by atoms with Gasteiger partial charge in [0.25, 0.3) is 0 Å². The number of furan rings is 2. The molecular weight excluding hydrogens is 506 g/mol.